The second kappa shape index (κ2) is 6.52. The van der Waals surface area contributed by atoms with Crippen LogP contribution in [0.2, 0.25) is 5.02 Å². The van der Waals surface area contributed by atoms with Gasteiger partial charge in [0.2, 0.25) is 10.0 Å². The molecule has 0 aromatic heterocycles. The standard InChI is InChI=1S/C14H21ClN2O3S/c1-10-5-6-17(9-11(10)8-16)21(18,19)12-3-4-14(20-2)13(15)7-12/h3-4,7,10-11H,5-6,8-9,16H2,1-2H3. The van der Waals surface area contributed by atoms with Crippen molar-refractivity contribution in [3.63, 3.8) is 0 Å². The molecule has 5 nitrogen and oxygen atoms in total. The average Bonchev–Trinajstić information content (AvgIpc) is 2.47. The van der Waals surface area contributed by atoms with E-state index in [1.54, 1.807) is 6.07 Å². The number of hydrogen-bond donors (Lipinski definition) is 1. The van der Waals surface area contributed by atoms with Crippen molar-refractivity contribution >= 4 is 21.6 Å². The van der Waals surface area contributed by atoms with Crippen LogP contribution < -0.4 is 10.5 Å². The Morgan fingerprint density at radius 3 is 2.76 bits per heavy atom. The van der Waals surface area contributed by atoms with Gasteiger partial charge in [-0.3, -0.25) is 0 Å². The maximum atomic E-state index is 12.7. The van der Waals surface area contributed by atoms with Gasteiger partial charge in [-0.25, -0.2) is 8.42 Å². The molecule has 1 fully saturated rings. The molecule has 0 amide bonds. The summed E-state index contributed by atoms with van der Waals surface area (Å²) in [5.74, 6) is 1.10. The van der Waals surface area contributed by atoms with E-state index in [0.29, 0.717) is 36.3 Å². The summed E-state index contributed by atoms with van der Waals surface area (Å²) in [7, 11) is -2.04. The second-order valence-corrected chi connectivity index (χ2v) is 7.77. The summed E-state index contributed by atoms with van der Waals surface area (Å²) < 4.78 is 31.9. The van der Waals surface area contributed by atoms with Crippen molar-refractivity contribution in [3.05, 3.63) is 23.2 Å². The normalized spacial score (nSPS) is 24.0. The van der Waals surface area contributed by atoms with E-state index < -0.39 is 10.0 Å². The van der Waals surface area contributed by atoms with Crippen LogP contribution in [0.3, 0.4) is 0 Å². The molecule has 0 radical (unpaired) electrons. The van der Waals surface area contributed by atoms with Crippen molar-refractivity contribution in [2.45, 2.75) is 18.2 Å². The molecule has 0 spiro atoms. The van der Waals surface area contributed by atoms with Gasteiger partial charge in [0.25, 0.3) is 0 Å². The summed E-state index contributed by atoms with van der Waals surface area (Å²) in [5.41, 5.74) is 5.74. The minimum atomic E-state index is -3.54. The first-order chi connectivity index (χ1) is 9.90. The third kappa shape index (κ3) is 3.34. The fourth-order valence-corrected chi connectivity index (χ4v) is 4.46. The number of methoxy groups -OCH3 is 1. The smallest absolute Gasteiger partial charge is 0.243 e. The summed E-state index contributed by atoms with van der Waals surface area (Å²) in [6.07, 6.45) is 0.824. The van der Waals surface area contributed by atoms with Gasteiger partial charge in [0.15, 0.2) is 0 Å². The predicted molar refractivity (Wildman–Crippen MR) is 83.1 cm³/mol. The Morgan fingerprint density at radius 2 is 2.19 bits per heavy atom. The lowest BCUT2D eigenvalue weighted by Crippen LogP contribution is -2.45. The van der Waals surface area contributed by atoms with E-state index in [1.807, 2.05) is 0 Å². The Hall–Kier alpha value is -0.820. The number of ether oxygens (including phenoxy) is 1. The maximum absolute atomic E-state index is 12.7. The molecule has 2 N–H and O–H groups in total. The SMILES string of the molecule is COc1ccc(S(=O)(=O)N2CCC(C)C(CN)C2)cc1Cl. The van der Waals surface area contributed by atoms with Crippen molar-refractivity contribution < 1.29 is 13.2 Å². The molecule has 1 saturated heterocycles. The summed E-state index contributed by atoms with van der Waals surface area (Å²) in [5, 5.41) is 0.291. The summed E-state index contributed by atoms with van der Waals surface area (Å²) in [6.45, 7) is 3.59. The van der Waals surface area contributed by atoms with E-state index in [1.165, 1.54) is 23.5 Å². The quantitative estimate of drug-likeness (QED) is 0.914. The number of nitrogens with two attached hydrogens (primary N) is 1. The third-order valence-corrected chi connectivity index (χ3v) is 6.30. The molecule has 2 rings (SSSR count). The molecule has 1 aliphatic rings. The van der Waals surface area contributed by atoms with Crippen molar-refractivity contribution in [1.82, 2.24) is 4.31 Å². The van der Waals surface area contributed by atoms with E-state index in [0.717, 1.165) is 6.42 Å². The monoisotopic (exact) mass is 332 g/mol. The van der Waals surface area contributed by atoms with Gasteiger partial charge in [-0.1, -0.05) is 18.5 Å². The van der Waals surface area contributed by atoms with E-state index in [9.17, 15) is 8.42 Å². The van der Waals surface area contributed by atoms with Crippen LogP contribution in [0, 0.1) is 11.8 Å². The number of hydrogen-bond acceptors (Lipinski definition) is 4. The van der Waals surface area contributed by atoms with Crippen LogP contribution in [0.4, 0.5) is 0 Å². The van der Waals surface area contributed by atoms with Crippen LogP contribution in [0.1, 0.15) is 13.3 Å². The van der Waals surface area contributed by atoms with E-state index in [4.69, 9.17) is 22.1 Å². The van der Waals surface area contributed by atoms with Gasteiger partial charge in [0, 0.05) is 13.1 Å². The van der Waals surface area contributed by atoms with Crippen molar-refractivity contribution in [3.8, 4) is 5.75 Å². The highest BCUT2D eigenvalue weighted by atomic mass is 35.5. The second-order valence-electron chi connectivity index (χ2n) is 5.42. The largest absolute Gasteiger partial charge is 0.495 e. The van der Waals surface area contributed by atoms with Gasteiger partial charge in [-0.15, -0.1) is 0 Å². The molecule has 21 heavy (non-hydrogen) atoms. The van der Waals surface area contributed by atoms with Gasteiger partial charge in [-0.2, -0.15) is 4.31 Å². The highest BCUT2D eigenvalue weighted by Crippen LogP contribution is 2.31. The zero-order chi connectivity index (χ0) is 15.6. The molecule has 7 heteroatoms. The molecule has 2 atom stereocenters. The fourth-order valence-electron chi connectivity index (χ4n) is 2.60. The number of benzene rings is 1. The molecular formula is C14H21ClN2O3S. The zero-order valence-electron chi connectivity index (χ0n) is 12.3. The van der Waals surface area contributed by atoms with Crippen LogP contribution >= 0.6 is 11.6 Å². The number of rotatable bonds is 4. The molecule has 1 aromatic carbocycles. The van der Waals surface area contributed by atoms with Crippen molar-refractivity contribution in [2.75, 3.05) is 26.7 Å². The topological polar surface area (TPSA) is 72.6 Å². The van der Waals surface area contributed by atoms with E-state index in [-0.39, 0.29) is 10.8 Å². The molecule has 0 saturated carbocycles. The lowest BCUT2D eigenvalue weighted by molar-refractivity contribution is 0.203. The Balaban J connectivity index is 2.27. The summed E-state index contributed by atoms with van der Waals surface area (Å²) in [4.78, 5) is 0.193. The number of sulfonamides is 1. The predicted octanol–water partition coefficient (Wildman–Crippen LogP) is 1.95. The molecular weight excluding hydrogens is 312 g/mol. The molecule has 1 heterocycles. The lowest BCUT2D eigenvalue weighted by Gasteiger charge is -2.35. The first-order valence-corrected chi connectivity index (χ1v) is 8.75. The van der Waals surface area contributed by atoms with Crippen molar-refractivity contribution in [2.24, 2.45) is 17.6 Å². The minimum Gasteiger partial charge on any atom is -0.495 e. The number of piperidine rings is 1. The first-order valence-electron chi connectivity index (χ1n) is 6.94. The van der Waals surface area contributed by atoms with Crippen LogP contribution in [0.5, 0.6) is 5.75 Å². The Labute approximate surface area is 131 Å². The Morgan fingerprint density at radius 1 is 1.48 bits per heavy atom. The van der Waals surface area contributed by atoms with E-state index >= 15 is 0 Å². The third-order valence-electron chi connectivity index (χ3n) is 4.14. The molecule has 2 unspecified atom stereocenters. The summed E-state index contributed by atoms with van der Waals surface area (Å²) >= 11 is 6.03. The van der Waals surface area contributed by atoms with Crippen LogP contribution in [0.25, 0.3) is 0 Å². The van der Waals surface area contributed by atoms with Crippen LogP contribution in [0.15, 0.2) is 23.1 Å². The van der Waals surface area contributed by atoms with Gasteiger partial charge in [0.05, 0.1) is 17.0 Å². The van der Waals surface area contributed by atoms with E-state index in [2.05, 4.69) is 6.92 Å². The molecule has 1 aliphatic heterocycles. The molecule has 0 aliphatic carbocycles. The highest BCUT2D eigenvalue weighted by Gasteiger charge is 2.33. The first kappa shape index (κ1) is 16.5. The minimum absolute atomic E-state index is 0.193. The van der Waals surface area contributed by atoms with Gasteiger partial charge in [0.1, 0.15) is 5.75 Å². The zero-order valence-corrected chi connectivity index (χ0v) is 13.8. The average molecular weight is 333 g/mol. The highest BCUT2D eigenvalue weighted by molar-refractivity contribution is 7.89. The lowest BCUT2D eigenvalue weighted by atomic mass is 9.88. The molecule has 0 bridgehead atoms. The van der Waals surface area contributed by atoms with Crippen LogP contribution in [-0.2, 0) is 10.0 Å². The Kier molecular flexibility index (Phi) is 5.14. The fraction of sp³-hybridized carbons (Fsp3) is 0.571. The molecule has 1 aromatic rings. The van der Waals surface area contributed by atoms with Gasteiger partial charge >= 0.3 is 0 Å². The summed E-state index contributed by atoms with van der Waals surface area (Å²) in [6, 6.07) is 4.53. The van der Waals surface area contributed by atoms with Gasteiger partial charge < -0.3 is 10.5 Å². The van der Waals surface area contributed by atoms with Crippen LogP contribution in [-0.4, -0.2) is 39.5 Å². The number of nitrogens with zero attached hydrogens (tertiary/aromatic N) is 1. The maximum Gasteiger partial charge on any atom is 0.243 e. The molecule has 118 valence electrons. The van der Waals surface area contributed by atoms with Crippen molar-refractivity contribution in [1.29, 1.82) is 0 Å². The van der Waals surface area contributed by atoms with Gasteiger partial charge in [-0.05, 0) is 43.0 Å². The Bertz CT molecular complexity index is 606. The number of halogens is 1.